The molecule has 0 bridgehead atoms. The van der Waals surface area contributed by atoms with Crippen molar-refractivity contribution in [1.29, 1.82) is 0 Å². The van der Waals surface area contributed by atoms with E-state index < -0.39 is 0 Å². The van der Waals surface area contributed by atoms with Crippen molar-refractivity contribution < 1.29 is 4.79 Å². The summed E-state index contributed by atoms with van der Waals surface area (Å²) in [6.45, 7) is 5.85. The van der Waals surface area contributed by atoms with Gasteiger partial charge in [0.2, 0.25) is 5.91 Å². The van der Waals surface area contributed by atoms with Gasteiger partial charge in [-0.05, 0) is 26.0 Å². The minimum atomic E-state index is 0.0925. The van der Waals surface area contributed by atoms with Gasteiger partial charge in [0.1, 0.15) is 0 Å². The van der Waals surface area contributed by atoms with E-state index in [0.717, 1.165) is 12.2 Å². The number of thiol groups is 1. The average molecular weight is 175 g/mol. The summed E-state index contributed by atoms with van der Waals surface area (Å²) in [5.74, 6) is 0.996. The molecule has 1 unspecified atom stereocenters. The molecule has 0 saturated carbocycles. The Balaban J connectivity index is 3.64. The second-order valence-electron chi connectivity index (χ2n) is 3.08. The van der Waals surface area contributed by atoms with E-state index in [9.17, 15) is 4.79 Å². The van der Waals surface area contributed by atoms with Gasteiger partial charge >= 0.3 is 0 Å². The van der Waals surface area contributed by atoms with Gasteiger partial charge < -0.3 is 5.32 Å². The average Bonchev–Trinajstić information content (AvgIpc) is 1.86. The highest BCUT2D eigenvalue weighted by Crippen LogP contribution is 2.02. The quantitative estimate of drug-likeness (QED) is 0.622. The Bertz CT molecular complexity index is 125. The van der Waals surface area contributed by atoms with Gasteiger partial charge in [-0.2, -0.15) is 12.6 Å². The molecule has 0 aliphatic rings. The van der Waals surface area contributed by atoms with Crippen LogP contribution in [0.2, 0.25) is 0 Å². The fourth-order valence-electron chi connectivity index (χ4n) is 0.752. The fourth-order valence-corrected chi connectivity index (χ4v) is 1.14. The summed E-state index contributed by atoms with van der Waals surface area (Å²) in [4.78, 5) is 11.2. The monoisotopic (exact) mass is 175 g/mol. The molecule has 0 heterocycles. The largest absolute Gasteiger partial charge is 0.354 e. The number of hydrogen-bond acceptors (Lipinski definition) is 2. The van der Waals surface area contributed by atoms with Crippen molar-refractivity contribution in [3.63, 3.8) is 0 Å². The highest BCUT2D eigenvalue weighted by atomic mass is 32.1. The van der Waals surface area contributed by atoms with Crippen molar-refractivity contribution in [2.45, 2.75) is 33.2 Å². The zero-order valence-corrected chi connectivity index (χ0v) is 8.32. The van der Waals surface area contributed by atoms with Crippen LogP contribution in [0.5, 0.6) is 0 Å². The standard InChI is InChI=1S/C8H17NOS/c1-6(2)9-8(10)7(3)4-5-11/h6-7,11H,4-5H2,1-3H3,(H,9,10). The summed E-state index contributed by atoms with van der Waals surface area (Å²) in [6, 6.07) is 0.241. The molecular weight excluding hydrogens is 158 g/mol. The first-order chi connectivity index (χ1) is 5.07. The molecule has 0 aromatic heterocycles. The third-order valence-electron chi connectivity index (χ3n) is 1.44. The van der Waals surface area contributed by atoms with E-state index in [2.05, 4.69) is 17.9 Å². The number of rotatable bonds is 4. The highest BCUT2D eigenvalue weighted by molar-refractivity contribution is 7.80. The van der Waals surface area contributed by atoms with Gasteiger partial charge in [-0.1, -0.05) is 6.92 Å². The normalized spacial score (nSPS) is 13.2. The molecule has 0 aliphatic heterocycles. The van der Waals surface area contributed by atoms with Crippen molar-refractivity contribution in [2.75, 3.05) is 5.75 Å². The summed E-state index contributed by atoms with van der Waals surface area (Å²) >= 11 is 4.07. The van der Waals surface area contributed by atoms with E-state index in [1.807, 2.05) is 20.8 Å². The van der Waals surface area contributed by atoms with Crippen LogP contribution in [-0.2, 0) is 4.79 Å². The SMILES string of the molecule is CC(C)NC(=O)C(C)CCS. The van der Waals surface area contributed by atoms with Crippen LogP contribution >= 0.6 is 12.6 Å². The number of amides is 1. The molecule has 3 heteroatoms. The molecule has 0 fully saturated rings. The van der Waals surface area contributed by atoms with E-state index in [1.165, 1.54) is 0 Å². The molecule has 0 saturated heterocycles. The fraction of sp³-hybridized carbons (Fsp3) is 0.875. The first-order valence-corrected chi connectivity index (χ1v) is 4.62. The zero-order valence-electron chi connectivity index (χ0n) is 7.42. The van der Waals surface area contributed by atoms with E-state index in [-0.39, 0.29) is 17.9 Å². The lowest BCUT2D eigenvalue weighted by atomic mass is 10.1. The maximum Gasteiger partial charge on any atom is 0.223 e. The first-order valence-electron chi connectivity index (χ1n) is 3.99. The molecule has 1 atom stereocenters. The third-order valence-corrected chi connectivity index (χ3v) is 1.70. The Morgan fingerprint density at radius 1 is 1.45 bits per heavy atom. The van der Waals surface area contributed by atoms with Crippen molar-refractivity contribution in [3.05, 3.63) is 0 Å². The van der Waals surface area contributed by atoms with Crippen molar-refractivity contribution in [2.24, 2.45) is 5.92 Å². The van der Waals surface area contributed by atoms with E-state index in [4.69, 9.17) is 0 Å². The van der Waals surface area contributed by atoms with E-state index >= 15 is 0 Å². The Hall–Kier alpha value is -0.180. The van der Waals surface area contributed by atoms with Crippen molar-refractivity contribution in [3.8, 4) is 0 Å². The smallest absolute Gasteiger partial charge is 0.223 e. The van der Waals surface area contributed by atoms with Crippen LogP contribution in [0.3, 0.4) is 0 Å². The molecule has 0 radical (unpaired) electrons. The van der Waals surface area contributed by atoms with Gasteiger partial charge in [-0.3, -0.25) is 4.79 Å². The van der Waals surface area contributed by atoms with Crippen molar-refractivity contribution >= 4 is 18.5 Å². The summed E-state index contributed by atoms with van der Waals surface area (Å²) in [5, 5.41) is 2.85. The van der Waals surface area contributed by atoms with Gasteiger partial charge in [0.15, 0.2) is 0 Å². The Morgan fingerprint density at radius 2 is 2.00 bits per heavy atom. The molecule has 0 rings (SSSR count). The van der Waals surface area contributed by atoms with Gasteiger partial charge in [0.25, 0.3) is 0 Å². The topological polar surface area (TPSA) is 29.1 Å². The van der Waals surface area contributed by atoms with Gasteiger partial charge in [-0.15, -0.1) is 0 Å². The minimum Gasteiger partial charge on any atom is -0.354 e. The number of nitrogens with one attached hydrogen (secondary N) is 1. The summed E-state index contributed by atoms with van der Waals surface area (Å²) < 4.78 is 0. The van der Waals surface area contributed by atoms with Crippen molar-refractivity contribution in [1.82, 2.24) is 5.32 Å². The highest BCUT2D eigenvalue weighted by Gasteiger charge is 2.11. The molecule has 0 spiro atoms. The lowest BCUT2D eigenvalue weighted by molar-refractivity contribution is -0.125. The van der Waals surface area contributed by atoms with Crippen LogP contribution in [0.4, 0.5) is 0 Å². The van der Waals surface area contributed by atoms with Gasteiger partial charge in [-0.25, -0.2) is 0 Å². The summed E-state index contributed by atoms with van der Waals surface area (Å²) in [6.07, 6.45) is 0.849. The van der Waals surface area contributed by atoms with E-state index in [0.29, 0.717) is 0 Å². The lowest BCUT2D eigenvalue weighted by Crippen LogP contribution is -2.34. The first kappa shape index (κ1) is 10.8. The molecule has 66 valence electrons. The molecule has 2 nitrogen and oxygen atoms in total. The predicted octanol–water partition coefficient (Wildman–Crippen LogP) is 1.47. The summed E-state index contributed by atoms with van der Waals surface area (Å²) in [7, 11) is 0. The van der Waals surface area contributed by atoms with Crippen LogP contribution in [-0.4, -0.2) is 17.7 Å². The molecule has 0 aromatic carbocycles. The van der Waals surface area contributed by atoms with Crippen LogP contribution in [0.1, 0.15) is 27.2 Å². The molecule has 11 heavy (non-hydrogen) atoms. The van der Waals surface area contributed by atoms with Gasteiger partial charge in [0, 0.05) is 12.0 Å². The van der Waals surface area contributed by atoms with Crippen LogP contribution in [0, 0.1) is 5.92 Å². The lowest BCUT2D eigenvalue weighted by Gasteiger charge is -2.12. The second-order valence-corrected chi connectivity index (χ2v) is 3.52. The van der Waals surface area contributed by atoms with Gasteiger partial charge in [0.05, 0.1) is 0 Å². The number of carbonyl (C=O) groups is 1. The maximum atomic E-state index is 11.2. The predicted molar refractivity (Wildman–Crippen MR) is 50.9 cm³/mol. The Morgan fingerprint density at radius 3 is 2.36 bits per heavy atom. The maximum absolute atomic E-state index is 11.2. The molecule has 0 aliphatic carbocycles. The number of carbonyl (C=O) groups excluding carboxylic acids is 1. The zero-order chi connectivity index (χ0) is 8.85. The van der Waals surface area contributed by atoms with E-state index in [1.54, 1.807) is 0 Å². The molecule has 0 aromatic rings. The molecule has 1 N–H and O–H groups in total. The second kappa shape index (κ2) is 5.47. The van der Waals surface area contributed by atoms with Crippen LogP contribution in [0.15, 0.2) is 0 Å². The Kier molecular flexibility index (Phi) is 5.38. The van der Waals surface area contributed by atoms with Crippen LogP contribution in [0.25, 0.3) is 0 Å². The minimum absolute atomic E-state index is 0.0925. The Labute approximate surface area is 74.2 Å². The third kappa shape index (κ3) is 5.13. The van der Waals surface area contributed by atoms with Crippen LogP contribution < -0.4 is 5.32 Å². The summed E-state index contributed by atoms with van der Waals surface area (Å²) in [5.41, 5.74) is 0. The molecule has 1 amide bonds. The number of hydrogen-bond donors (Lipinski definition) is 2. The molecular formula is C8H17NOS.